The highest BCUT2D eigenvalue weighted by atomic mass is 16.5. The van der Waals surface area contributed by atoms with Crippen molar-refractivity contribution in [1.82, 2.24) is 15.2 Å². The van der Waals surface area contributed by atoms with Crippen molar-refractivity contribution in [1.29, 1.82) is 0 Å². The Morgan fingerprint density at radius 2 is 1.84 bits per heavy atom. The molecule has 0 spiro atoms. The molecule has 0 atom stereocenters. The first-order valence-electron chi connectivity index (χ1n) is 5.76. The van der Waals surface area contributed by atoms with Crippen LogP contribution < -0.4 is 4.74 Å². The summed E-state index contributed by atoms with van der Waals surface area (Å²) in [5, 5.41) is 8.25. The smallest absolute Gasteiger partial charge is 0.244 e. The zero-order chi connectivity index (χ0) is 13.1. The number of rotatable bonds is 3. The van der Waals surface area contributed by atoms with E-state index in [0.717, 1.165) is 5.56 Å². The van der Waals surface area contributed by atoms with Crippen molar-refractivity contribution >= 4 is 0 Å². The van der Waals surface area contributed by atoms with E-state index in [0.29, 0.717) is 23.2 Å². The monoisotopic (exact) mass is 253 g/mol. The molecule has 0 saturated heterocycles. The summed E-state index contributed by atoms with van der Waals surface area (Å²) in [5.74, 6) is 1.39. The van der Waals surface area contributed by atoms with Gasteiger partial charge < -0.3 is 9.15 Å². The normalized spacial score (nSPS) is 10.4. The second-order valence-corrected chi connectivity index (χ2v) is 3.84. The molecule has 0 aliphatic heterocycles. The number of benzene rings is 1. The summed E-state index contributed by atoms with van der Waals surface area (Å²) in [6.45, 7) is 0. The van der Waals surface area contributed by atoms with E-state index in [4.69, 9.17) is 9.15 Å². The van der Waals surface area contributed by atoms with Gasteiger partial charge in [0.15, 0.2) is 11.5 Å². The van der Waals surface area contributed by atoms with Crippen LogP contribution in [0.1, 0.15) is 0 Å². The number of hydrogen-bond donors (Lipinski definition) is 0. The van der Waals surface area contributed by atoms with E-state index in [1.807, 2.05) is 30.3 Å². The van der Waals surface area contributed by atoms with Crippen molar-refractivity contribution in [3.05, 3.63) is 48.7 Å². The molecular formula is C14H11N3O2. The molecule has 0 unspecified atom stereocenters. The summed E-state index contributed by atoms with van der Waals surface area (Å²) in [7, 11) is 1.56. The summed E-state index contributed by atoms with van der Waals surface area (Å²) < 4.78 is 10.5. The molecule has 2 aromatic heterocycles. The van der Waals surface area contributed by atoms with Crippen molar-refractivity contribution in [3.63, 3.8) is 0 Å². The summed E-state index contributed by atoms with van der Waals surface area (Å²) in [4.78, 5) is 4.32. The summed E-state index contributed by atoms with van der Waals surface area (Å²) in [6, 6.07) is 13.2. The van der Waals surface area contributed by atoms with E-state index in [9.17, 15) is 0 Å². The minimum atomic E-state index is 0.404. The third-order valence-corrected chi connectivity index (χ3v) is 2.64. The summed E-state index contributed by atoms with van der Waals surface area (Å²) in [6.07, 6.45) is 1.57. The van der Waals surface area contributed by atoms with Gasteiger partial charge in [-0.2, -0.15) is 4.98 Å². The Kier molecular flexibility index (Phi) is 2.94. The van der Waals surface area contributed by atoms with Gasteiger partial charge in [0.2, 0.25) is 11.7 Å². The number of aromatic nitrogens is 3. The van der Waals surface area contributed by atoms with Crippen LogP contribution in [0.25, 0.3) is 22.8 Å². The number of furan rings is 1. The Morgan fingerprint density at radius 3 is 2.53 bits per heavy atom. The van der Waals surface area contributed by atoms with Gasteiger partial charge >= 0.3 is 0 Å². The lowest BCUT2D eigenvalue weighted by Gasteiger charge is -2.06. The van der Waals surface area contributed by atoms with Gasteiger partial charge in [0.05, 0.1) is 13.4 Å². The van der Waals surface area contributed by atoms with Crippen molar-refractivity contribution in [3.8, 4) is 28.7 Å². The van der Waals surface area contributed by atoms with Crippen molar-refractivity contribution in [2.45, 2.75) is 0 Å². The van der Waals surface area contributed by atoms with Gasteiger partial charge in [-0.25, -0.2) is 0 Å². The van der Waals surface area contributed by atoms with Gasteiger partial charge in [0, 0.05) is 5.56 Å². The van der Waals surface area contributed by atoms with Crippen LogP contribution >= 0.6 is 0 Å². The van der Waals surface area contributed by atoms with E-state index in [2.05, 4.69) is 15.2 Å². The van der Waals surface area contributed by atoms with E-state index in [1.54, 1.807) is 25.5 Å². The Balaban J connectivity index is 2.08. The molecule has 0 bridgehead atoms. The lowest BCUT2D eigenvalue weighted by atomic mass is 10.1. The molecule has 1 aromatic carbocycles. The van der Waals surface area contributed by atoms with Gasteiger partial charge in [0.1, 0.15) is 0 Å². The molecule has 0 fully saturated rings. The van der Waals surface area contributed by atoms with Crippen LogP contribution in [0, 0.1) is 0 Å². The van der Waals surface area contributed by atoms with Crippen LogP contribution in [0.2, 0.25) is 0 Å². The highest BCUT2D eigenvalue weighted by Gasteiger charge is 2.13. The number of methoxy groups -OCH3 is 1. The molecule has 19 heavy (non-hydrogen) atoms. The average Bonchev–Trinajstić information content (AvgIpc) is 3.02. The van der Waals surface area contributed by atoms with Crippen LogP contribution in [0.5, 0.6) is 5.88 Å². The predicted octanol–water partition coefficient (Wildman–Crippen LogP) is 2.81. The Hall–Kier alpha value is -2.69. The lowest BCUT2D eigenvalue weighted by Crippen LogP contribution is -2.00. The minimum absolute atomic E-state index is 0.404. The number of ether oxygens (including phenoxy) is 1. The van der Waals surface area contributed by atoms with E-state index in [-0.39, 0.29) is 0 Å². The number of hydrogen-bond acceptors (Lipinski definition) is 5. The molecule has 5 heteroatoms. The van der Waals surface area contributed by atoms with E-state index < -0.39 is 0 Å². The maximum atomic E-state index is 5.28. The second-order valence-electron chi connectivity index (χ2n) is 3.84. The highest BCUT2D eigenvalue weighted by Crippen LogP contribution is 2.27. The largest absolute Gasteiger partial charge is 0.479 e. The molecule has 0 aliphatic rings. The fourth-order valence-corrected chi connectivity index (χ4v) is 1.74. The molecule has 3 rings (SSSR count). The maximum Gasteiger partial charge on any atom is 0.244 e. The first-order valence-corrected chi connectivity index (χ1v) is 5.76. The zero-order valence-electron chi connectivity index (χ0n) is 10.3. The summed E-state index contributed by atoms with van der Waals surface area (Å²) in [5.41, 5.74) is 1.52. The quantitative estimate of drug-likeness (QED) is 0.718. The molecule has 0 radical (unpaired) electrons. The molecule has 5 nitrogen and oxygen atoms in total. The molecular weight excluding hydrogens is 242 g/mol. The SMILES string of the molecule is COc1nc(-c2ccco2)nnc1-c1ccccc1. The van der Waals surface area contributed by atoms with Gasteiger partial charge in [-0.05, 0) is 12.1 Å². The molecule has 3 aromatic rings. The Morgan fingerprint density at radius 1 is 1.00 bits per heavy atom. The van der Waals surface area contributed by atoms with Gasteiger partial charge in [-0.15, -0.1) is 10.2 Å². The first kappa shape index (κ1) is 11.4. The second kappa shape index (κ2) is 4.89. The highest BCUT2D eigenvalue weighted by molar-refractivity contribution is 5.64. The Labute approximate surface area is 109 Å². The van der Waals surface area contributed by atoms with E-state index in [1.165, 1.54) is 0 Å². The third kappa shape index (κ3) is 2.18. The molecule has 0 saturated carbocycles. The van der Waals surface area contributed by atoms with Crippen molar-refractivity contribution < 1.29 is 9.15 Å². The topological polar surface area (TPSA) is 61.0 Å². The first-order chi connectivity index (χ1) is 9.38. The van der Waals surface area contributed by atoms with Crippen LogP contribution in [0.4, 0.5) is 0 Å². The molecule has 0 aliphatic carbocycles. The van der Waals surface area contributed by atoms with Crippen LogP contribution in [0.3, 0.4) is 0 Å². The summed E-state index contributed by atoms with van der Waals surface area (Å²) >= 11 is 0. The van der Waals surface area contributed by atoms with Gasteiger partial charge in [-0.1, -0.05) is 30.3 Å². The number of nitrogens with zero attached hydrogens (tertiary/aromatic N) is 3. The molecule has 0 N–H and O–H groups in total. The Bertz CT molecular complexity index is 666. The third-order valence-electron chi connectivity index (χ3n) is 2.64. The molecule has 94 valence electrons. The van der Waals surface area contributed by atoms with Crippen molar-refractivity contribution in [2.24, 2.45) is 0 Å². The molecule has 0 amide bonds. The van der Waals surface area contributed by atoms with Crippen LogP contribution in [-0.4, -0.2) is 22.3 Å². The van der Waals surface area contributed by atoms with Crippen molar-refractivity contribution in [2.75, 3.05) is 7.11 Å². The maximum absolute atomic E-state index is 5.28. The standard InChI is InChI=1S/C14H11N3O2/c1-18-14-12(10-6-3-2-4-7-10)16-17-13(15-14)11-8-5-9-19-11/h2-9H,1H3. The van der Waals surface area contributed by atoms with Gasteiger partial charge in [0.25, 0.3) is 0 Å². The zero-order valence-corrected chi connectivity index (χ0v) is 10.3. The van der Waals surface area contributed by atoms with E-state index >= 15 is 0 Å². The van der Waals surface area contributed by atoms with Crippen LogP contribution in [-0.2, 0) is 0 Å². The lowest BCUT2D eigenvalue weighted by molar-refractivity contribution is 0.395. The molecule has 2 heterocycles. The minimum Gasteiger partial charge on any atom is -0.479 e. The average molecular weight is 253 g/mol. The predicted molar refractivity (Wildman–Crippen MR) is 69.5 cm³/mol. The van der Waals surface area contributed by atoms with Gasteiger partial charge in [-0.3, -0.25) is 0 Å². The fourth-order valence-electron chi connectivity index (χ4n) is 1.74. The fraction of sp³-hybridized carbons (Fsp3) is 0.0714. The van der Waals surface area contributed by atoms with Crippen LogP contribution in [0.15, 0.2) is 53.1 Å².